The lowest BCUT2D eigenvalue weighted by Crippen LogP contribution is -2.21. The lowest BCUT2D eigenvalue weighted by molar-refractivity contribution is 0.281. The summed E-state index contributed by atoms with van der Waals surface area (Å²) >= 11 is 0. The third kappa shape index (κ3) is 2.37. The molecule has 0 amide bonds. The summed E-state index contributed by atoms with van der Waals surface area (Å²) in [5.41, 5.74) is 0. The largest absolute Gasteiger partial charge is 0.468 e. The molecule has 11 heavy (non-hydrogen) atoms. The van der Waals surface area contributed by atoms with Gasteiger partial charge in [0.2, 0.25) is 0 Å². The van der Waals surface area contributed by atoms with E-state index in [0.29, 0.717) is 6.54 Å². The number of hydrogen-bond acceptors (Lipinski definition) is 3. The number of hydrogen-bond donors (Lipinski definition) is 2. The van der Waals surface area contributed by atoms with Gasteiger partial charge in [0.1, 0.15) is 5.76 Å². The van der Waals surface area contributed by atoms with Gasteiger partial charge in [0.15, 0.2) is 0 Å². The predicted molar refractivity (Wildman–Crippen MR) is 42.2 cm³/mol. The second kappa shape index (κ2) is 4.16. The maximum Gasteiger partial charge on any atom is 0.120 e. The Morgan fingerprint density at radius 1 is 1.73 bits per heavy atom. The predicted octanol–water partition coefficient (Wildman–Crippen LogP) is 0.923. The van der Waals surface area contributed by atoms with E-state index in [1.54, 1.807) is 6.26 Å². The minimum atomic E-state index is 0.158. The lowest BCUT2D eigenvalue weighted by atomic mass is 10.2. The Morgan fingerprint density at radius 2 is 2.55 bits per heavy atom. The molecule has 0 spiro atoms. The number of aliphatic hydroxyl groups is 1. The fraction of sp³-hybridized carbons (Fsp3) is 0.500. The molecule has 0 bridgehead atoms. The van der Waals surface area contributed by atoms with Gasteiger partial charge in [-0.15, -0.1) is 0 Å². The van der Waals surface area contributed by atoms with E-state index in [-0.39, 0.29) is 12.6 Å². The molecule has 0 aliphatic heterocycles. The maximum atomic E-state index is 8.52. The summed E-state index contributed by atoms with van der Waals surface area (Å²) in [5, 5.41) is 11.6. The smallest absolute Gasteiger partial charge is 0.120 e. The zero-order valence-corrected chi connectivity index (χ0v) is 6.58. The molecular weight excluding hydrogens is 142 g/mol. The highest BCUT2D eigenvalue weighted by Crippen LogP contribution is 2.10. The van der Waals surface area contributed by atoms with Gasteiger partial charge in [0, 0.05) is 6.54 Å². The molecule has 3 nitrogen and oxygen atoms in total. The van der Waals surface area contributed by atoms with E-state index in [1.165, 1.54) is 0 Å². The number of nitrogens with one attached hydrogen (secondary N) is 1. The molecule has 0 radical (unpaired) electrons. The first kappa shape index (κ1) is 8.30. The summed E-state index contributed by atoms with van der Waals surface area (Å²) in [4.78, 5) is 0. The summed E-state index contributed by atoms with van der Waals surface area (Å²) in [6.45, 7) is 2.75. The first-order valence-corrected chi connectivity index (χ1v) is 3.72. The molecule has 1 rings (SSSR count). The summed E-state index contributed by atoms with van der Waals surface area (Å²) in [6, 6.07) is 3.94. The molecule has 0 aliphatic rings. The van der Waals surface area contributed by atoms with Crippen molar-refractivity contribution in [3.8, 4) is 0 Å². The van der Waals surface area contributed by atoms with Crippen molar-refractivity contribution in [1.29, 1.82) is 0 Å². The van der Waals surface area contributed by atoms with Gasteiger partial charge in [0.25, 0.3) is 0 Å². The molecule has 0 aromatic carbocycles. The molecule has 1 atom stereocenters. The van der Waals surface area contributed by atoms with Crippen LogP contribution in [-0.2, 0) is 0 Å². The number of rotatable bonds is 4. The molecule has 0 unspecified atom stereocenters. The standard InChI is InChI=1S/C8H13NO2/c1-7(9-4-5-10)8-3-2-6-11-8/h2-3,6-7,9-10H,4-5H2,1H3/t7-/m1/s1. The third-order valence-corrected chi connectivity index (χ3v) is 1.53. The molecule has 1 aromatic rings. The van der Waals surface area contributed by atoms with Crippen LogP contribution in [0.5, 0.6) is 0 Å². The van der Waals surface area contributed by atoms with Crippen molar-refractivity contribution >= 4 is 0 Å². The van der Waals surface area contributed by atoms with E-state index in [2.05, 4.69) is 5.32 Å². The summed E-state index contributed by atoms with van der Waals surface area (Å²) in [6.07, 6.45) is 1.65. The van der Waals surface area contributed by atoms with Crippen molar-refractivity contribution in [2.24, 2.45) is 0 Å². The molecular formula is C8H13NO2. The Morgan fingerprint density at radius 3 is 3.09 bits per heavy atom. The fourth-order valence-electron chi connectivity index (χ4n) is 0.919. The zero-order valence-electron chi connectivity index (χ0n) is 6.58. The monoisotopic (exact) mass is 155 g/mol. The highest BCUT2D eigenvalue weighted by Gasteiger charge is 2.05. The SMILES string of the molecule is C[C@@H](NCCO)c1ccco1. The summed E-state index contributed by atoms with van der Waals surface area (Å²) in [5.74, 6) is 0.901. The van der Waals surface area contributed by atoms with Crippen LogP contribution in [0.4, 0.5) is 0 Å². The molecule has 1 aromatic heterocycles. The Balaban J connectivity index is 2.36. The first-order chi connectivity index (χ1) is 5.34. The van der Waals surface area contributed by atoms with Crippen LogP contribution < -0.4 is 5.32 Å². The van der Waals surface area contributed by atoms with E-state index in [1.807, 2.05) is 19.1 Å². The molecule has 1 heterocycles. The minimum absolute atomic E-state index is 0.158. The van der Waals surface area contributed by atoms with Crippen LogP contribution in [0.25, 0.3) is 0 Å². The van der Waals surface area contributed by atoms with E-state index in [9.17, 15) is 0 Å². The van der Waals surface area contributed by atoms with Crippen LogP contribution in [0.3, 0.4) is 0 Å². The van der Waals surface area contributed by atoms with Gasteiger partial charge in [-0.3, -0.25) is 0 Å². The summed E-state index contributed by atoms with van der Waals surface area (Å²) < 4.78 is 5.15. The van der Waals surface area contributed by atoms with E-state index in [0.717, 1.165) is 5.76 Å². The molecule has 0 aliphatic carbocycles. The summed E-state index contributed by atoms with van der Waals surface area (Å²) in [7, 11) is 0. The van der Waals surface area contributed by atoms with Gasteiger partial charge in [0.05, 0.1) is 18.9 Å². The van der Waals surface area contributed by atoms with Gasteiger partial charge < -0.3 is 14.8 Å². The van der Waals surface area contributed by atoms with Crippen LogP contribution in [0.2, 0.25) is 0 Å². The van der Waals surface area contributed by atoms with E-state index >= 15 is 0 Å². The minimum Gasteiger partial charge on any atom is -0.468 e. The Kier molecular flexibility index (Phi) is 3.14. The first-order valence-electron chi connectivity index (χ1n) is 3.72. The van der Waals surface area contributed by atoms with Crippen molar-refractivity contribution < 1.29 is 9.52 Å². The quantitative estimate of drug-likeness (QED) is 0.679. The Bertz CT molecular complexity index is 184. The van der Waals surface area contributed by atoms with Gasteiger partial charge in [-0.25, -0.2) is 0 Å². The lowest BCUT2D eigenvalue weighted by Gasteiger charge is -2.08. The highest BCUT2D eigenvalue weighted by molar-refractivity contribution is 5.02. The molecule has 62 valence electrons. The van der Waals surface area contributed by atoms with E-state index < -0.39 is 0 Å². The van der Waals surface area contributed by atoms with Crippen molar-refractivity contribution in [3.05, 3.63) is 24.2 Å². The van der Waals surface area contributed by atoms with Crippen LogP contribution in [0.15, 0.2) is 22.8 Å². The van der Waals surface area contributed by atoms with Crippen molar-refractivity contribution in [2.75, 3.05) is 13.2 Å². The second-order valence-corrected chi connectivity index (χ2v) is 2.41. The molecule has 3 heteroatoms. The van der Waals surface area contributed by atoms with Crippen molar-refractivity contribution in [1.82, 2.24) is 5.32 Å². The molecule has 0 saturated carbocycles. The van der Waals surface area contributed by atoms with Crippen molar-refractivity contribution in [2.45, 2.75) is 13.0 Å². The van der Waals surface area contributed by atoms with Gasteiger partial charge in [-0.05, 0) is 19.1 Å². The molecule has 0 saturated heterocycles. The van der Waals surface area contributed by atoms with Crippen LogP contribution in [-0.4, -0.2) is 18.3 Å². The highest BCUT2D eigenvalue weighted by atomic mass is 16.3. The van der Waals surface area contributed by atoms with Crippen LogP contribution in [0, 0.1) is 0 Å². The van der Waals surface area contributed by atoms with Gasteiger partial charge >= 0.3 is 0 Å². The zero-order chi connectivity index (χ0) is 8.10. The molecule has 2 N–H and O–H groups in total. The number of furan rings is 1. The topological polar surface area (TPSA) is 45.4 Å². The average Bonchev–Trinajstić information content (AvgIpc) is 2.52. The average molecular weight is 155 g/mol. The third-order valence-electron chi connectivity index (χ3n) is 1.53. The number of aliphatic hydroxyl groups excluding tert-OH is 1. The van der Waals surface area contributed by atoms with Gasteiger partial charge in [-0.2, -0.15) is 0 Å². The second-order valence-electron chi connectivity index (χ2n) is 2.41. The normalized spacial score (nSPS) is 13.3. The van der Waals surface area contributed by atoms with Gasteiger partial charge in [-0.1, -0.05) is 0 Å². The maximum absolute atomic E-state index is 8.52. The fourth-order valence-corrected chi connectivity index (χ4v) is 0.919. The Labute approximate surface area is 66.0 Å². The van der Waals surface area contributed by atoms with Crippen LogP contribution >= 0.6 is 0 Å². The van der Waals surface area contributed by atoms with E-state index in [4.69, 9.17) is 9.52 Å². The van der Waals surface area contributed by atoms with Crippen LogP contribution in [0.1, 0.15) is 18.7 Å². The Hall–Kier alpha value is -0.800. The molecule has 0 fully saturated rings. The van der Waals surface area contributed by atoms with Crippen molar-refractivity contribution in [3.63, 3.8) is 0 Å².